The normalized spacial score (nSPS) is 10.6. The molecule has 1 amide bonds. The molecule has 9 heteroatoms. The first kappa shape index (κ1) is 21.0. The van der Waals surface area contributed by atoms with Crippen molar-refractivity contribution in [3.05, 3.63) is 90.0 Å². The predicted molar refractivity (Wildman–Crippen MR) is 115 cm³/mol. The number of anilines is 1. The van der Waals surface area contributed by atoms with E-state index in [4.69, 9.17) is 9.47 Å². The number of benzene rings is 3. The fourth-order valence-corrected chi connectivity index (χ4v) is 2.92. The van der Waals surface area contributed by atoms with Crippen molar-refractivity contribution >= 4 is 11.6 Å². The van der Waals surface area contributed by atoms with Crippen molar-refractivity contribution in [2.75, 3.05) is 11.9 Å². The van der Waals surface area contributed by atoms with E-state index in [1.54, 1.807) is 31.2 Å². The average Bonchev–Trinajstić information content (AvgIpc) is 3.25. The van der Waals surface area contributed by atoms with E-state index >= 15 is 0 Å². The van der Waals surface area contributed by atoms with Crippen molar-refractivity contribution < 1.29 is 18.7 Å². The molecule has 0 fully saturated rings. The maximum Gasteiger partial charge on any atom is 0.262 e. The Kier molecular flexibility index (Phi) is 6.35. The lowest BCUT2D eigenvalue weighted by atomic mass is 10.2. The molecule has 162 valence electrons. The summed E-state index contributed by atoms with van der Waals surface area (Å²) in [5.41, 5.74) is 1.60. The van der Waals surface area contributed by atoms with Crippen LogP contribution in [0.1, 0.15) is 11.4 Å². The molecule has 0 unspecified atom stereocenters. The minimum atomic E-state index is -0.576. The van der Waals surface area contributed by atoms with Gasteiger partial charge in [-0.05, 0) is 65.4 Å². The van der Waals surface area contributed by atoms with Crippen molar-refractivity contribution in [2.24, 2.45) is 0 Å². The van der Waals surface area contributed by atoms with Crippen molar-refractivity contribution in [2.45, 2.75) is 13.5 Å². The molecular weight excluding hydrogens is 413 g/mol. The number of carbonyl (C=O) groups excluding carboxylic acids is 1. The van der Waals surface area contributed by atoms with Crippen LogP contribution < -0.4 is 14.8 Å². The van der Waals surface area contributed by atoms with Crippen LogP contribution in [0.25, 0.3) is 5.69 Å². The molecule has 0 aliphatic heterocycles. The average molecular weight is 433 g/mol. The van der Waals surface area contributed by atoms with E-state index < -0.39 is 11.7 Å². The minimum absolute atomic E-state index is 0.00987. The molecule has 32 heavy (non-hydrogen) atoms. The highest BCUT2D eigenvalue weighted by atomic mass is 19.1. The summed E-state index contributed by atoms with van der Waals surface area (Å²) in [7, 11) is 0. The van der Waals surface area contributed by atoms with Crippen molar-refractivity contribution in [1.82, 2.24) is 20.2 Å². The van der Waals surface area contributed by atoms with Crippen LogP contribution in [0, 0.1) is 12.7 Å². The van der Waals surface area contributed by atoms with Gasteiger partial charge in [0.25, 0.3) is 5.91 Å². The lowest BCUT2D eigenvalue weighted by Gasteiger charge is -2.11. The van der Waals surface area contributed by atoms with E-state index in [1.807, 2.05) is 30.3 Å². The molecule has 8 nitrogen and oxygen atoms in total. The van der Waals surface area contributed by atoms with Gasteiger partial charge in [0.15, 0.2) is 12.4 Å². The molecule has 0 saturated carbocycles. The zero-order valence-corrected chi connectivity index (χ0v) is 17.2. The fraction of sp³-hybridized carbons (Fsp3) is 0.130. The number of carbonyl (C=O) groups is 1. The second-order valence-corrected chi connectivity index (χ2v) is 6.88. The molecule has 1 N–H and O–H groups in total. The van der Waals surface area contributed by atoms with Crippen molar-refractivity contribution in [3.8, 4) is 17.2 Å². The Morgan fingerprint density at radius 2 is 1.72 bits per heavy atom. The van der Waals surface area contributed by atoms with Crippen LogP contribution in [0.3, 0.4) is 0 Å². The fourth-order valence-electron chi connectivity index (χ4n) is 2.92. The van der Waals surface area contributed by atoms with Crippen LogP contribution in [-0.2, 0) is 11.4 Å². The molecular formula is C23H20FN5O3. The predicted octanol–water partition coefficient (Wildman–Crippen LogP) is 3.71. The van der Waals surface area contributed by atoms with E-state index in [9.17, 15) is 9.18 Å². The Bertz CT molecular complexity index is 1200. The molecule has 0 spiro atoms. The first-order valence-electron chi connectivity index (χ1n) is 9.83. The Hall–Kier alpha value is -4.27. The maximum atomic E-state index is 14.1. The van der Waals surface area contributed by atoms with Gasteiger partial charge in [0, 0.05) is 0 Å². The standard InChI is InChI=1S/C23H20FN5O3/c1-16-26-27-28-29(16)18-7-12-21(24)22(13-18)25-23(30)15-32-20-10-8-19(9-11-20)31-14-17-5-3-2-4-6-17/h2-13H,14-15H2,1H3,(H,25,30). The third-order valence-corrected chi connectivity index (χ3v) is 4.54. The van der Waals surface area contributed by atoms with Gasteiger partial charge in [-0.2, -0.15) is 4.68 Å². The topological polar surface area (TPSA) is 91.2 Å². The smallest absolute Gasteiger partial charge is 0.262 e. The summed E-state index contributed by atoms with van der Waals surface area (Å²) >= 11 is 0. The monoisotopic (exact) mass is 433 g/mol. The second-order valence-electron chi connectivity index (χ2n) is 6.88. The quantitative estimate of drug-likeness (QED) is 0.456. The Balaban J connectivity index is 1.31. The number of rotatable bonds is 8. The van der Waals surface area contributed by atoms with Gasteiger partial charge < -0.3 is 14.8 Å². The van der Waals surface area contributed by atoms with Gasteiger partial charge >= 0.3 is 0 Å². The van der Waals surface area contributed by atoms with Crippen molar-refractivity contribution in [1.29, 1.82) is 0 Å². The Morgan fingerprint density at radius 1 is 1.00 bits per heavy atom. The molecule has 0 radical (unpaired) electrons. The van der Waals surface area contributed by atoms with E-state index in [-0.39, 0.29) is 12.3 Å². The first-order valence-corrected chi connectivity index (χ1v) is 9.83. The zero-order chi connectivity index (χ0) is 22.3. The summed E-state index contributed by atoms with van der Waals surface area (Å²) in [6, 6.07) is 21.0. The molecule has 0 aliphatic carbocycles. The number of nitrogens with one attached hydrogen (secondary N) is 1. The van der Waals surface area contributed by atoms with Crippen LogP contribution >= 0.6 is 0 Å². The first-order chi connectivity index (χ1) is 15.6. The molecule has 0 atom stereocenters. The number of nitrogens with zero attached hydrogens (tertiary/aromatic N) is 4. The highest BCUT2D eigenvalue weighted by Gasteiger charge is 2.12. The molecule has 1 heterocycles. The number of hydrogen-bond acceptors (Lipinski definition) is 6. The number of halogens is 1. The number of hydrogen-bond donors (Lipinski definition) is 1. The van der Waals surface area contributed by atoms with Crippen LogP contribution in [-0.4, -0.2) is 32.7 Å². The second kappa shape index (κ2) is 9.69. The summed E-state index contributed by atoms with van der Waals surface area (Å²) in [6.45, 7) is 1.89. The van der Waals surface area contributed by atoms with Gasteiger partial charge in [0.2, 0.25) is 0 Å². The summed E-state index contributed by atoms with van der Waals surface area (Å²) in [5, 5.41) is 13.7. The SMILES string of the molecule is Cc1nnnn1-c1ccc(F)c(NC(=O)COc2ccc(OCc3ccccc3)cc2)c1. The number of amides is 1. The molecule has 4 rings (SSSR count). The number of aromatic nitrogens is 4. The van der Waals surface area contributed by atoms with Gasteiger partial charge in [-0.25, -0.2) is 4.39 Å². The summed E-state index contributed by atoms with van der Waals surface area (Å²) < 4.78 is 26.8. The van der Waals surface area contributed by atoms with Crippen molar-refractivity contribution in [3.63, 3.8) is 0 Å². The summed E-state index contributed by atoms with van der Waals surface area (Å²) in [6.07, 6.45) is 0. The highest BCUT2D eigenvalue weighted by Crippen LogP contribution is 2.20. The van der Waals surface area contributed by atoms with Crippen LogP contribution in [0.15, 0.2) is 72.8 Å². The number of tetrazole rings is 1. The molecule has 0 saturated heterocycles. The molecule has 0 bridgehead atoms. The van der Waals surface area contributed by atoms with E-state index in [0.717, 1.165) is 5.56 Å². The number of aryl methyl sites for hydroxylation is 1. The van der Waals surface area contributed by atoms with E-state index in [0.29, 0.717) is 29.6 Å². The molecule has 4 aromatic rings. The third kappa shape index (κ3) is 5.25. The number of ether oxygens (including phenoxy) is 2. The Labute approximate surface area is 183 Å². The van der Waals surface area contributed by atoms with E-state index in [1.165, 1.54) is 22.9 Å². The van der Waals surface area contributed by atoms with E-state index in [2.05, 4.69) is 20.8 Å². The molecule has 3 aromatic carbocycles. The Morgan fingerprint density at radius 3 is 2.41 bits per heavy atom. The van der Waals surface area contributed by atoms with Gasteiger partial charge in [-0.1, -0.05) is 30.3 Å². The lowest BCUT2D eigenvalue weighted by molar-refractivity contribution is -0.118. The molecule has 0 aliphatic rings. The van der Waals surface area contributed by atoms with Crippen LogP contribution in [0.2, 0.25) is 0 Å². The van der Waals surface area contributed by atoms with Gasteiger partial charge in [0.1, 0.15) is 23.9 Å². The maximum absolute atomic E-state index is 14.1. The van der Waals surface area contributed by atoms with Crippen LogP contribution in [0.4, 0.5) is 10.1 Å². The van der Waals surface area contributed by atoms with Gasteiger partial charge in [0.05, 0.1) is 11.4 Å². The third-order valence-electron chi connectivity index (χ3n) is 4.54. The summed E-state index contributed by atoms with van der Waals surface area (Å²) in [4.78, 5) is 12.3. The lowest BCUT2D eigenvalue weighted by Crippen LogP contribution is -2.21. The summed E-state index contributed by atoms with van der Waals surface area (Å²) in [5.74, 6) is 0.633. The molecule has 1 aromatic heterocycles. The van der Waals surface area contributed by atoms with Gasteiger partial charge in [-0.3, -0.25) is 4.79 Å². The zero-order valence-electron chi connectivity index (χ0n) is 17.2. The largest absolute Gasteiger partial charge is 0.489 e. The highest BCUT2D eigenvalue weighted by molar-refractivity contribution is 5.92. The van der Waals surface area contributed by atoms with Gasteiger partial charge in [-0.15, -0.1) is 5.10 Å². The van der Waals surface area contributed by atoms with Crippen LogP contribution in [0.5, 0.6) is 11.5 Å². The minimum Gasteiger partial charge on any atom is -0.489 e.